The molecule has 0 aliphatic carbocycles. The molecular weight excluding hydrogens is 542 g/mol. The van der Waals surface area contributed by atoms with Gasteiger partial charge in [-0.05, 0) is 67.0 Å². The molecule has 0 aliphatic rings. The zero-order valence-corrected chi connectivity index (χ0v) is 26.5. The van der Waals surface area contributed by atoms with Crippen molar-refractivity contribution in [2.24, 2.45) is 5.92 Å². The summed E-state index contributed by atoms with van der Waals surface area (Å²) in [6.07, 6.45) is 3.10. The molecule has 44 heavy (non-hydrogen) atoms. The van der Waals surface area contributed by atoms with Gasteiger partial charge in [-0.2, -0.15) is 0 Å². The van der Waals surface area contributed by atoms with E-state index in [1.54, 1.807) is 0 Å². The molecule has 3 atom stereocenters. The summed E-state index contributed by atoms with van der Waals surface area (Å²) in [5, 5.41) is 11.7. The summed E-state index contributed by atoms with van der Waals surface area (Å²) in [5.74, 6) is -1.37. The Morgan fingerprint density at radius 3 is 1.77 bits per heavy atom. The van der Waals surface area contributed by atoms with Gasteiger partial charge in [0.15, 0.2) is 0 Å². The maximum absolute atomic E-state index is 14.0. The minimum Gasteiger partial charge on any atom is -0.389 e. The first-order valence-corrected chi connectivity index (χ1v) is 16.0. The lowest BCUT2D eigenvalue weighted by molar-refractivity contribution is -0.136. The normalized spacial score (nSPS) is 13.9. The van der Waals surface area contributed by atoms with Crippen LogP contribution in [0.3, 0.4) is 0 Å². The summed E-state index contributed by atoms with van der Waals surface area (Å²) in [4.78, 5) is 29.5. The minimum absolute atomic E-state index is 0.0117. The van der Waals surface area contributed by atoms with E-state index in [-0.39, 0.29) is 23.9 Å². The van der Waals surface area contributed by atoms with Gasteiger partial charge >= 0.3 is 0 Å². The molecule has 4 aromatic carbocycles. The number of carbonyl (C=O) groups excluding carboxylic acids is 2. The van der Waals surface area contributed by atoms with Gasteiger partial charge in [0, 0.05) is 31.1 Å². The van der Waals surface area contributed by atoms with Crippen molar-refractivity contribution in [1.29, 1.82) is 0 Å². The zero-order chi connectivity index (χ0) is 31.4. The third-order valence-electron chi connectivity index (χ3n) is 8.66. The summed E-state index contributed by atoms with van der Waals surface area (Å²) in [6.45, 7) is 7.05. The lowest BCUT2D eigenvalue weighted by Crippen LogP contribution is -2.38. The molecular formula is C40H47NO3. The monoisotopic (exact) mass is 589 g/mol. The number of nitrogens with zero attached hydrogens (tertiary/aromatic N) is 1. The first-order chi connectivity index (χ1) is 21.3. The van der Waals surface area contributed by atoms with Crippen LogP contribution in [-0.4, -0.2) is 22.3 Å². The summed E-state index contributed by atoms with van der Waals surface area (Å²) >= 11 is 0. The van der Waals surface area contributed by atoms with E-state index < -0.39 is 11.5 Å². The Labute approximate surface area is 263 Å². The molecule has 0 bridgehead atoms. The van der Waals surface area contributed by atoms with Gasteiger partial charge in [0.25, 0.3) is 0 Å². The number of Topliss-reactive ketones (excluding diaryl/α,β-unsaturated/α-hetero) is 2. The van der Waals surface area contributed by atoms with Gasteiger partial charge in [-0.3, -0.25) is 9.59 Å². The van der Waals surface area contributed by atoms with E-state index in [9.17, 15) is 14.7 Å². The largest absolute Gasteiger partial charge is 0.389 e. The first kappa shape index (κ1) is 32.9. The molecule has 1 N–H and O–H groups in total. The lowest BCUT2D eigenvalue weighted by atomic mass is 9.75. The van der Waals surface area contributed by atoms with Crippen molar-refractivity contribution in [1.82, 2.24) is 0 Å². The predicted molar refractivity (Wildman–Crippen MR) is 181 cm³/mol. The van der Waals surface area contributed by atoms with Crippen molar-refractivity contribution >= 4 is 17.3 Å². The highest BCUT2D eigenvalue weighted by Gasteiger charge is 2.37. The fraction of sp³-hybridized carbons (Fsp3) is 0.350. The molecule has 0 fully saturated rings. The SMILES string of the molecule is CCC[C@@](O)(CCc1ccccc1)CC(=O)[C@@H](C(C)=O)[C@H](CC)c1cccc(N(Cc2ccccc2)Cc2ccccc2)c1. The minimum atomic E-state index is -1.14. The lowest BCUT2D eigenvalue weighted by Gasteiger charge is -2.31. The van der Waals surface area contributed by atoms with Crippen LogP contribution in [0.25, 0.3) is 0 Å². The number of carbonyl (C=O) groups is 2. The van der Waals surface area contributed by atoms with Crippen LogP contribution in [0.2, 0.25) is 0 Å². The van der Waals surface area contributed by atoms with Crippen LogP contribution in [0, 0.1) is 5.92 Å². The van der Waals surface area contributed by atoms with Crippen molar-refractivity contribution in [3.05, 3.63) is 138 Å². The van der Waals surface area contributed by atoms with Crippen LogP contribution in [0.1, 0.15) is 81.0 Å². The Morgan fingerprint density at radius 2 is 1.27 bits per heavy atom. The average molecular weight is 590 g/mol. The second-order valence-corrected chi connectivity index (χ2v) is 12.1. The van der Waals surface area contributed by atoms with E-state index in [0.29, 0.717) is 25.7 Å². The standard InChI is InChI=1S/C40H47NO3/c1-4-25-40(44,26-24-32-16-9-6-10-17-32)28-38(43)39(31(3)42)37(5-2)35-22-15-23-36(27-35)41(29-33-18-11-7-12-19-33)30-34-20-13-8-14-21-34/h6-23,27,37,39,44H,4-5,24-26,28-30H2,1-3H3/t37-,39+,40-/m1/s1. The van der Waals surface area contributed by atoms with Crippen LogP contribution in [0.4, 0.5) is 5.69 Å². The number of benzene rings is 4. The highest BCUT2D eigenvalue weighted by Crippen LogP contribution is 2.36. The average Bonchev–Trinajstić information content (AvgIpc) is 3.03. The van der Waals surface area contributed by atoms with E-state index in [0.717, 1.165) is 36.3 Å². The Hall–Kier alpha value is -4.02. The van der Waals surface area contributed by atoms with E-state index in [1.807, 2.05) is 68.4 Å². The highest BCUT2D eigenvalue weighted by molar-refractivity contribution is 6.02. The van der Waals surface area contributed by atoms with E-state index in [4.69, 9.17) is 0 Å². The molecule has 0 saturated carbocycles. The topological polar surface area (TPSA) is 57.6 Å². The first-order valence-electron chi connectivity index (χ1n) is 16.0. The van der Waals surface area contributed by atoms with Crippen LogP contribution in [0.15, 0.2) is 115 Å². The van der Waals surface area contributed by atoms with Crippen LogP contribution in [0.5, 0.6) is 0 Å². The quantitative estimate of drug-likeness (QED) is 0.125. The Kier molecular flexibility index (Phi) is 12.1. The smallest absolute Gasteiger partial charge is 0.146 e. The van der Waals surface area contributed by atoms with Gasteiger partial charge in [0.1, 0.15) is 11.6 Å². The van der Waals surface area contributed by atoms with Crippen molar-refractivity contribution < 1.29 is 14.7 Å². The van der Waals surface area contributed by atoms with Crippen molar-refractivity contribution in [3.63, 3.8) is 0 Å². The third kappa shape index (κ3) is 9.24. The Bertz CT molecular complexity index is 1410. The van der Waals surface area contributed by atoms with Gasteiger partial charge in [-0.15, -0.1) is 0 Å². The van der Waals surface area contributed by atoms with Gasteiger partial charge in [0.2, 0.25) is 0 Å². The van der Waals surface area contributed by atoms with E-state index in [1.165, 1.54) is 18.1 Å². The molecule has 0 radical (unpaired) electrons. The van der Waals surface area contributed by atoms with Gasteiger partial charge in [-0.1, -0.05) is 123 Å². The third-order valence-corrected chi connectivity index (χ3v) is 8.66. The highest BCUT2D eigenvalue weighted by atomic mass is 16.3. The fourth-order valence-electron chi connectivity index (χ4n) is 6.42. The molecule has 0 spiro atoms. The molecule has 0 amide bonds. The zero-order valence-electron chi connectivity index (χ0n) is 26.5. The second kappa shape index (κ2) is 16.2. The van der Waals surface area contributed by atoms with Gasteiger partial charge in [0.05, 0.1) is 11.5 Å². The Morgan fingerprint density at radius 1 is 0.727 bits per heavy atom. The second-order valence-electron chi connectivity index (χ2n) is 12.1. The molecule has 0 heterocycles. The maximum atomic E-state index is 14.0. The van der Waals surface area contributed by atoms with Crippen molar-refractivity contribution in [3.8, 4) is 0 Å². The van der Waals surface area contributed by atoms with Crippen LogP contribution >= 0.6 is 0 Å². The molecule has 0 aromatic heterocycles. The number of hydrogen-bond donors (Lipinski definition) is 1. The molecule has 4 heteroatoms. The molecule has 0 saturated heterocycles. The van der Waals surface area contributed by atoms with E-state index >= 15 is 0 Å². The Balaban J connectivity index is 1.59. The maximum Gasteiger partial charge on any atom is 0.146 e. The summed E-state index contributed by atoms with van der Waals surface area (Å²) in [7, 11) is 0. The van der Waals surface area contributed by atoms with E-state index in [2.05, 4.69) is 65.6 Å². The molecule has 0 aliphatic heterocycles. The molecule has 0 unspecified atom stereocenters. The van der Waals surface area contributed by atoms with Crippen molar-refractivity contribution in [2.45, 2.75) is 83.9 Å². The molecule has 4 nitrogen and oxygen atoms in total. The van der Waals surface area contributed by atoms with Crippen LogP contribution in [-0.2, 0) is 29.1 Å². The number of aliphatic hydroxyl groups is 1. The van der Waals surface area contributed by atoms with Crippen molar-refractivity contribution in [2.75, 3.05) is 4.90 Å². The van der Waals surface area contributed by atoms with Gasteiger partial charge in [-0.25, -0.2) is 0 Å². The fourth-order valence-corrected chi connectivity index (χ4v) is 6.42. The number of ketones is 2. The number of aryl methyl sites for hydroxylation is 1. The predicted octanol–water partition coefficient (Wildman–Crippen LogP) is 8.72. The molecule has 4 rings (SSSR count). The van der Waals surface area contributed by atoms with Crippen LogP contribution < -0.4 is 4.90 Å². The summed E-state index contributed by atoms with van der Waals surface area (Å²) in [6, 6.07) is 39.2. The number of hydrogen-bond acceptors (Lipinski definition) is 4. The van der Waals surface area contributed by atoms with Gasteiger partial charge < -0.3 is 10.0 Å². The number of anilines is 1. The summed E-state index contributed by atoms with van der Waals surface area (Å²) in [5.41, 5.74) is 4.45. The molecule has 230 valence electrons. The summed E-state index contributed by atoms with van der Waals surface area (Å²) < 4.78 is 0. The molecule has 4 aromatic rings. The number of rotatable bonds is 17.